The highest BCUT2D eigenvalue weighted by Gasteiger charge is 2.30. The lowest BCUT2D eigenvalue weighted by Crippen LogP contribution is -2.55. The maximum Gasteiger partial charge on any atom is 0.237 e. The molecular weight excluding hydrogens is 266 g/mol. The average molecular weight is 282 g/mol. The van der Waals surface area contributed by atoms with Crippen LogP contribution in [0.2, 0.25) is 5.02 Å². The summed E-state index contributed by atoms with van der Waals surface area (Å²) in [5.41, 5.74) is 13.7. The zero-order chi connectivity index (χ0) is 14.3. The number of nitrogens with zero attached hydrogens (tertiary/aromatic N) is 3. The largest absolute Gasteiger partial charge is 0.368 e. The minimum atomic E-state index is -0.890. The van der Waals surface area contributed by atoms with Crippen molar-refractivity contribution in [2.24, 2.45) is 10.8 Å². The SMILES string of the molecule is CC(Cc1ccc(Cl)cc1)(NCCN=[N+]=[N-])C(N)=O. The number of hydrogen-bond donors (Lipinski definition) is 2. The maximum atomic E-state index is 11.6. The number of benzene rings is 1. The summed E-state index contributed by atoms with van der Waals surface area (Å²) < 4.78 is 0. The topological polar surface area (TPSA) is 104 Å². The standard InChI is InChI=1S/C12H16ClN5O/c1-12(11(14)19,16-6-7-17-18-15)8-9-2-4-10(13)5-3-9/h2-5,16H,6-8H2,1H3,(H2,14,19). The number of nitrogens with one attached hydrogen (secondary N) is 1. The molecule has 0 spiro atoms. The molecule has 0 aromatic heterocycles. The van der Waals surface area contributed by atoms with Crippen molar-refractivity contribution in [2.45, 2.75) is 18.9 Å². The van der Waals surface area contributed by atoms with Gasteiger partial charge in [-0.3, -0.25) is 4.79 Å². The summed E-state index contributed by atoms with van der Waals surface area (Å²) in [7, 11) is 0. The van der Waals surface area contributed by atoms with E-state index in [1.807, 2.05) is 12.1 Å². The number of carbonyl (C=O) groups is 1. The molecule has 1 amide bonds. The zero-order valence-corrected chi connectivity index (χ0v) is 11.4. The number of amides is 1. The molecule has 19 heavy (non-hydrogen) atoms. The van der Waals surface area contributed by atoms with E-state index in [2.05, 4.69) is 15.3 Å². The number of halogens is 1. The molecule has 0 bridgehead atoms. The molecule has 3 N–H and O–H groups in total. The minimum absolute atomic E-state index is 0.264. The Morgan fingerprint density at radius 2 is 2.16 bits per heavy atom. The number of primary amides is 1. The van der Waals surface area contributed by atoms with Gasteiger partial charge in [0.1, 0.15) is 0 Å². The molecule has 6 nitrogen and oxygen atoms in total. The first-order chi connectivity index (χ1) is 8.98. The molecule has 0 saturated carbocycles. The Morgan fingerprint density at radius 3 is 2.68 bits per heavy atom. The molecule has 1 aromatic rings. The molecule has 1 unspecified atom stereocenters. The molecule has 102 valence electrons. The Labute approximate surface area is 116 Å². The van der Waals surface area contributed by atoms with Crippen LogP contribution in [0, 0.1) is 0 Å². The van der Waals surface area contributed by atoms with E-state index in [9.17, 15) is 4.79 Å². The van der Waals surface area contributed by atoms with Crippen molar-refractivity contribution in [1.29, 1.82) is 0 Å². The number of azide groups is 1. The van der Waals surface area contributed by atoms with Gasteiger partial charge in [-0.05, 0) is 36.6 Å². The normalized spacial score (nSPS) is 13.4. The predicted molar refractivity (Wildman–Crippen MR) is 74.8 cm³/mol. The Balaban J connectivity index is 2.72. The van der Waals surface area contributed by atoms with Gasteiger partial charge in [0.05, 0.1) is 5.54 Å². The Bertz CT molecular complexity index is 483. The van der Waals surface area contributed by atoms with Crippen molar-refractivity contribution < 1.29 is 4.79 Å². The van der Waals surface area contributed by atoms with E-state index in [0.29, 0.717) is 18.0 Å². The van der Waals surface area contributed by atoms with Gasteiger partial charge >= 0.3 is 0 Å². The molecule has 0 fully saturated rings. The van der Waals surface area contributed by atoms with Crippen molar-refractivity contribution in [2.75, 3.05) is 13.1 Å². The summed E-state index contributed by atoms with van der Waals surface area (Å²) >= 11 is 5.81. The molecule has 0 aliphatic carbocycles. The first kappa shape index (κ1) is 15.3. The molecule has 1 rings (SSSR count). The highest BCUT2D eigenvalue weighted by atomic mass is 35.5. The van der Waals surface area contributed by atoms with Crippen LogP contribution in [0.5, 0.6) is 0 Å². The van der Waals surface area contributed by atoms with E-state index >= 15 is 0 Å². The van der Waals surface area contributed by atoms with E-state index in [1.165, 1.54) is 0 Å². The average Bonchev–Trinajstić information content (AvgIpc) is 2.37. The summed E-state index contributed by atoms with van der Waals surface area (Å²) in [5.74, 6) is -0.455. The lowest BCUT2D eigenvalue weighted by molar-refractivity contribution is -0.123. The number of rotatable bonds is 7. The van der Waals surface area contributed by atoms with Crippen LogP contribution in [0.25, 0.3) is 10.4 Å². The van der Waals surface area contributed by atoms with Crippen molar-refractivity contribution in [3.63, 3.8) is 0 Å². The number of carbonyl (C=O) groups excluding carboxylic acids is 1. The van der Waals surface area contributed by atoms with Crippen molar-refractivity contribution in [3.05, 3.63) is 45.3 Å². The van der Waals surface area contributed by atoms with Crippen LogP contribution in [0.4, 0.5) is 0 Å². The molecule has 1 atom stereocenters. The molecule has 1 aromatic carbocycles. The monoisotopic (exact) mass is 281 g/mol. The molecule has 0 aliphatic heterocycles. The second-order valence-electron chi connectivity index (χ2n) is 4.38. The van der Waals surface area contributed by atoms with Crippen LogP contribution in [0.1, 0.15) is 12.5 Å². The molecule has 0 aliphatic rings. The van der Waals surface area contributed by atoms with Gasteiger partial charge in [0.2, 0.25) is 5.91 Å². The van der Waals surface area contributed by atoms with Crippen molar-refractivity contribution >= 4 is 17.5 Å². The Kier molecular flexibility index (Phi) is 5.63. The Morgan fingerprint density at radius 1 is 1.53 bits per heavy atom. The zero-order valence-electron chi connectivity index (χ0n) is 10.6. The first-order valence-electron chi connectivity index (χ1n) is 5.78. The van der Waals surface area contributed by atoms with E-state index in [1.54, 1.807) is 19.1 Å². The van der Waals surface area contributed by atoms with Gasteiger partial charge in [0.25, 0.3) is 0 Å². The molecular formula is C12H16ClN5O. The summed E-state index contributed by atoms with van der Waals surface area (Å²) in [6.07, 6.45) is 0.440. The first-order valence-corrected chi connectivity index (χ1v) is 6.16. The number of hydrogen-bond acceptors (Lipinski definition) is 3. The van der Waals surface area contributed by atoms with E-state index in [4.69, 9.17) is 22.9 Å². The summed E-state index contributed by atoms with van der Waals surface area (Å²) in [6, 6.07) is 7.22. The third-order valence-electron chi connectivity index (χ3n) is 2.80. The summed E-state index contributed by atoms with van der Waals surface area (Å²) in [4.78, 5) is 14.2. The van der Waals surface area contributed by atoms with Crippen LogP contribution < -0.4 is 11.1 Å². The summed E-state index contributed by atoms with van der Waals surface area (Å²) in [6.45, 7) is 2.37. The third-order valence-corrected chi connectivity index (χ3v) is 3.06. The van der Waals surface area contributed by atoms with Crippen molar-refractivity contribution in [3.8, 4) is 0 Å². The maximum absolute atomic E-state index is 11.6. The van der Waals surface area contributed by atoms with Crippen LogP contribution in [-0.2, 0) is 11.2 Å². The van der Waals surface area contributed by atoms with Gasteiger partial charge in [-0.25, -0.2) is 0 Å². The minimum Gasteiger partial charge on any atom is -0.368 e. The van der Waals surface area contributed by atoms with Gasteiger partial charge in [-0.1, -0.05) is 28.8 Å². The number of nitrogens with two attached hydrogens (primary N) is 1. The van der Waals surface area contributed by atoms with Crippen LogP contribution in [0.15, 0.2) is 29.4 Å². The second kappa shape index (κ2) is 6.99. The Hall–Kier alpha value is -1.75. The smallest absolute Gasteiger partial charge is 0.237 e. The van der Waals surface area contributed by atoms with Gasteiger partial charge in [0.15, 0.2) is 0 Å². The van der Waals surface area contributed by atoms with E-state index in [0.717, 1.165) is 5.56 Å². The molecule has 0 heterocycles. The fourth-order valence-electron chi connectivity index (χ4n) is 1.67. The molecule has 0 saturated heterocycles. The van der Waals surface area contributed by atoms with E-state index < -0.39 is 11.4 Å². The van der Waals surface area contributed by atoms with Gasteiger partial charge in [-0.2, -0.15) is 0 Å². The van der Waals surface area contributed by atoms with E-state index in [-0.39, 0.29) is 6.54 Å². The van der Waals surface area contributed by atoms with Crippen LogP contribution in [0.3, 0.4) is 0 Å². The fraction of sp³-hybridized carbons (Fsp3) is 0.417. The lowest BCUT2D eigenvalue weighted by atomic mass is 9.92. The second-order valence-corrected chi connectivity index (χ2v) is 4.82. The van der Waals surface area contributed by atoms with Crippen LogP contribution >= 0.6 is 11.6 Å². The lowest BCUT2D eigenvalue weighted by Gasteiger charge is -2.27. The van der Waals surface area contributed by atoms with Crippen LogP contribution in [-0.4, -0.2) is 24.5 Å². The van der Waals surface area contributed by atoms with Crippen molar-refractivity contribution in [1.82, 2.24) is 5.32 Å². The van der Waals surface area contributed by atoms with Gasteiger partial charge in [0, 0.05) is 23.0 Å². The highest BCUT2D eigenvalue weighted by Crippen LogP contribution is 2.16. The summed E-state index contributed by atoms with van der Waals surface area (Å²) in [5, 5.41) is 7.06. The quantitative estimate of drug-likeness (QED) is 0.345. The molecule has 0 radical (unpaired) electrons. The third kappa shape index (κ3) is 4.79. The predicted octanol–water partition coefficient (Wildman–Crippen LogP) is 2.03. The fourth-order valence-corrected chi connectivity index (χ4v) is 1.80. The van der Waals surface area contributed by atoms with Gasteiger partial charge in [-0.15, -0.1) is 0 Å². The van der Waals surface area contributed by atoms with Gasteiger partial charge < -0.3 is 11.1 Å². The highest BCUT2D eigenvalue weighted by molar-refractivity contribution is 6.30. The molecule has 7 heteroatoms.